The third kappa shape index (κ3) is 2.77. The normalized spacial score (nSPS) is 10.5. The Morgan fingerprint density at radius 1 is 1.26 bits per heavy atom. The summed E-state index contributed by atoms with van der Waals surface area (Å²) in [5.41, 5.74) is 0.883. The maximum absolute atomic E-state index is 12.3. The molecule has 0 saturated carbocycles. The van der Waals surface area contributed by atoms with Crippen LogP contribution < -0.4 is 10.3 Å². The number of hydrogen-bond acceptors (Lipinski definition) is 4. The first-order chi connectivity index (χ1) is 9.17. The van der Waals surface area contributed by atoms with Crippen LogP contribution in [0, 0.1) is 0 Å². The number of rotatable bonds is 4. The fourth-order valence-corrected chi connectivity index (χ4v) is 1.85. The molecule has 0 fully saturated rings. The third-order valence-electron chi connectivity index (χ3n) is 2.61. The van der Waals surface area contributed by atoms with Gasteiger partial charge in [-0.1, -0.05) is 23.7 Å². The maximum Gasteiger partial charge on any atom is 0.280 e. The molecule has 2 rings (SSSR count). The van der Waals surface area contributed by atoms with E-state index in [2.05, 4.69) is 5.10 Å². The number of benzene rings is 1. The Morgan fingerprint density at radius 2 is 1.95 bits per heavy atom. The van der Waals surface area contributed by atoms with Crippen molar-refractivity contribution in [3.8, 4) is 16.9 Å². The van der Waals surface area contributed by atoms with Gasteiger partial charge in [0.2, 0.25) is 0 Å². The van der Waals surface area contributed by atoms with Crippen molar-refractivity contribution in [1.29, 1.82) is 0 Å². The van der Waals surface area contributed by atoms with E-state index in [1.54, 1.807) is 24.3 Å². The van der Waals surface area contributed by atoms with Crippen LogP contribution in [0.5, 0.6) is 5.75 Å². The van der Waals surface area contributed by atoms with E-state index in [-0.39, 0.29) is 12.3 Å². The van der Waals surface area contributed by atoms with Crippen molar-refractivity contribution in [3.63, 3.8) is 0 Å². The Bertz CT molecular complexity index is 623. The zero-order chi connectivity index (χ0) is 13.8. The van der Waals surface area contributed by atoms with Crippen LogP contribution in [0.3, 0.4) is 0 Å². The Labute approximate surface area is 115 Å². The van der Waals surface area contributed by atoms with E-state index < -0.39 is 0 Å². The Morgan fingerprint density at radius 3 is 2.53 bits per heavy atom. The van der Waals surface area contributed by atoms with E-state index in [1.807, 2.05) is 0 Å². The zero-order valence-electron chi connectivity index (χ0n) is 10.6. The average molecular weight is 281 g/mol. The summed E-state index contributed by atoms with van der Waals surface area (Å²) in [7, 11) is 3.00. The van der Waals surface area contributed by atoms with Gasteiger partial charge in [0.15, 0.2) is 5.75 Å². The van der Waals surface area contributed by atoms with Crippen LogP contribution in [-0.4, -0.2) is 24.0 Å². The first-order valence-corrected chi connectivity index (χ1v) is 5.94. The van der Waals surface area contributed by atoms with E-state index >= 15 is 0 Å². The van der Waals surface area contributed by atoms with Crippen LogP contribution >= 0.6 is 11.6 Å². The molecule has 0 radical (unpaired) electrons. The fraction of sp³-hybridized carbons (Fsp3) is 0.231. The van der Waals surface area contributed by atoms with E-state index in [0.717, 1.165) is 5.56 Å². The summed E-state index contributed by atoms with van der Waals surface area (Å²) in [6.45, 7) is 0.0867. The van der Waals surface area contributed by atoms with Crippen LogP contribution in [0.15, 0.2) is 35.3 Å². The van der Waals surface area contributed by atoms with Crippen molar-refractivity contribution in [2.75, 3.05) is 14.2 Å². The Balaban J connectivity index is 2.62. The van der Waals surface area contributed by atoms with E-state index in [4.69, 9.17) is 21.1 Å². The first kappa shape index (κ1) is 13.6. The molecule has 0 aliphatic heterocycles. The van der Waals surface area contributed by atoms with Gasteiger partial charge in [0, 0.05) is 12.1 Å². The van der Waals surface area contributed by atoms with Gasteiger partial charge in [-0.05, 0) is 17.7 Å². The maximum atomic E-state index is 12.3. The second kappa shape index (κ2) is 5.86. The van der Waals surface area contributed by atoms with Gasteiger partial charge < -0.3 is 9.47 Å². The average Bonchev–Trinajstić information content (AvgIpc) is 2.42. The molecule has 1 aromatic heterocycles. The van der Waals surface area contributed by atoms with Crippen molar-refractivity contribution in [2.45, 2.75) is 6.73 Å². The minimum absolute atomic E-state index is 0.0867. The molecule has 0 aliphatic carbocycles. The summed E-state index contributed by atoms with van der Waals surface area (Å²) >= 11 is 5.85. The molecular weight excluding hydrogens is 268 g/mol. The summed E-state index contributed by atoms with van der Waals surface area (Å²) in [5.74, 6) is 0.416. The van der Waals surface area contributed by atoms with Gasteiger partial charge in [-0.3, -0.25) is 4.79 Å². The molecule has 0 N–H and O–H groups in total. The van der Waals surface area contributed by atoms with E-state index in [1.165, 1.54) is 25.1 Å². The lowest BCUT2D eigenvalue weighted by atomic mass is 10.1. The van der Waals surface area contributed by atoms with Crippen molar-refractivity contribution < 1.29 is 9.47 Å². The van der Waals surface area contributed by atoms with Gasteiger partial charge in [-0.2, -0.15) is 5.10 Å². The van der Waals surface area contributed by atoms with Crippen LogP contribution in [0.25, 0.3) is 11.1 Å². The highest BCUT2D eigenvalue weighted by Gasteiger charge is 2.14. The number of hydrogen-bond donors (Lipinski definition) is 0. The Kier molecular flexibility index (Phi) is 4.19. The van der Waals surface area contributed by atoms with E-state index in [9.17, 15) is 4.79 Å². The molecule has 0 atom stereocenters. The summed E-state index contributed by atoms with van der Waals surface area (Å²) in [6.07, 6.45) is 1.49. The minimum atomic E-state index is -0.275. The highest BCUT2D eigenvalue weighted by Crippen LogP contribution is 2.26. The standard InChI is InChI=1S/C13H13ClN2O3/c1-18-8-16-13(17)12(11(19-2)7-15-16)9-3-5-10(14)6-4-9/h3-7H,8H2,1-2H3. The molecular formula is C13H13ClN2O3. The van der Waals surface area contributed by atoms with Gasteiger partial charge in [0.05, 0.1) is 18.9 Å². The highest BCUT2D eigenvalue weighted by molar-refractivity contribution is 6.30. The number of methoxy groups -OCH3 is 2. The molecule has 0 spiro atoms. The molecule has 0 amide bonds. The summed E-state index contributed by atoms with van der Waals surface area (Å²) in [4.78, 5) is 12.3. The van der Waals surface area contributed by atoms with Crippen LogP contribution in [0.2, 0.25) is 5.02 Å². The monoisotopic (exact) mass is 280 g/mol. The van der Waals surface area contributed by atoms with E-state index in [0.29, 0.717) is 16.3 Å². The largest absolute Gasteiger partial charge is 0.494 e. The first-order valence-electron chi connectivity index (χ1n) is 5.56. The predicted octanol–water partition coefficient (Wildman–Crippen LogP) is 2.18. The second-order valence-electron chi connectivity index (χ2n) is 3.82. The molecule has 0 unspecified atom stereocenters. The lowest BCUT2D eigenvalue weighted by Crippen LogP contribution is -2.25. The number of halogens is 1. The topological polar surface area (TPSA) is 53.4 Å². The molecule has 0 bridgehead atoms. The second-order valence-corrected chi connectivity index (χ2v) is 4.25. The zero-order valence-corrected chi connectivity index (χ0v) is 11.3. The third-order valence-corrected chi connectivity index (χ3v) is 2.87. The summed E-state index contributed by atoms with van der Waals surface area (Å²) in [6, 6.07) is 6.96. The van der Waals surface area contributed by atoms with Gasteiger partial charge in [0.25, 0.3) is 5.56 Å². The molecule has 0 saturated heterocycles. The lowest BCUT2D eigenvalue weighted by Gasteiger charge is -2.10. The summed E-state index contributed by atoms with van der Waals surface area (Å²) in [5, 5.41) is 4.58. The van der Waals surface area contributed by atoms with Crippen molar-refractivity contribution in [2.24, 2.45) is 0 Å². The number of nitrogens with zero attached hydrogens (tertiary/aromatic N) is 2. The Hall–Kier alpha value is -1.85. The smallest absolute Gasteiger partial charge is 0.280 e. The lowest BCUT2D eigenvalue weighted by molar-refractivity contribution is 0.116. The SMILES string of the molecule is COCn1ncc(OC)c(-c2ccc(Cl)cc2)c1=O. The molecule has 1 aromatic carbocycles. The van der Waals surface area contributed by atoms with Crippen molar-refractivity contribution >= 4 is 11.6 Å². The molecule has 1 heterocycles. The molecule has 0 aliphatic rings. The van der Waals surface area contributed by atoms with Crippen molar-refractivity contribution in [1.82, 2.24) is 9.78 Å². The molecule has 100 valence electrons. The quantitative estimate of drug-likeness (QED) is 0.861. The predicted molar refractivity (Wildman–Crippen MR) is 72.5 cm³/mol. The molecule has 2 aromatic rings. The van der Waals surface area contributed by atoms with Crippen LogP contribution in [-0.2, 0) is 11.5 Å². The number of aromatic nitrogens is 2. The molecule has 6 heteroatoms. The highest BCUT2D eigenvalue weighted by atomic mass is 35.5. The molecule has 5 nitrogen and oxygen atoms in total. The van der Waals surface area contributed by atoms with Crippen LogP contribution in [0.4, 0.5) is 0 Å². The van der Waals surface area contributed by atoms with Gasteiger partial charge >= 0.3 is 0 Å². The van der Waals surface area contributed by atoms with Crippen LogP contribution in [0.1, 0.15) is 0 Å². The van der Waals surface area contributed by atoms with Gasteiger partial charge in [-0.15, -0.1) is 0 Å². The summed E-state index contributed by atoms with van der Waals surface area (Å²) < 4.78 is 11.4. The van der Waals surface area contributed by atoms with Gasteiger partial charge in [-0.25, -0.2) is 4.68 Å². The van der Waals surface area contributed by atoms with Crippen molar-refractivity contribution in [3.05, 3.63) is 45.8 Å². The molecule has 19 heavy (non-hydrogen) atoms. The van der Waals surface area contributed by atoms with Gasteiger partial charge in [0.1, 0.15) is 6.73 Å². The number of ether oxygens (including phenoxy) is 2. The minimum Gasteiger partial charge on any atom is -0.494 e. The fourth-order valence-electron chi connectivity index (χ4n) is 1.72.